The highest BCUT2D eigenvalue weighted by atomic mass is 16.5. The number of benzene rings is 7. The number of anilines is 6. The average Bonchev–Trinajstić information content (AvgIpc) is 3.97. The molecule has 0 radical (unpaired) electrons. The van der Waals surface area contributed by atoms with Gasteiger partial charge in [0.15, 0.2) is 5.58 Å². The fourth-order valence-corrected chi connectivity index (χ4v) is 7.73. The minimum atomic E-state index is -2.88. The van der Waals surface area contributed by atoms with E-state index in [9.17, 15) is 0 Å². The van der Waals surface area contributed by atoms with Gasteiger partial charge in [-0.3, -0.25) is 4.90 Å². The van der Waals surface area contributed by atoms with Crippen molar-refractivity contribution < 1.29 is 17.4 Å². The molecule has 0 saturated heterocycles. The molecule has 6 nitrogen and oxygen atoms in total. The lowest BCUT2D eigenvalue weighted by atomic mass is 9.87. The molecule has 6 heteroatoms. The van der Waals surface area contributed by atoms with Crippen molar-refractivity contribution >= 4 is 45.6 Å². The Kier molecular flexibility index (Phi) is 6.13. The van der Waals surface area contributed by atoms with Crippen LogP contribution in [0.15, 0.2) is 174 Å². The summed E-state index contributed by atoms with van der Waals surface area (Å²) >= 11 is 0. The molecule has 7 aromatic carbocycles. The second kappa shape index (κ2) is 12.7. The van der Waals surface area contributed by atoms with Crippen molar-refractivity contribution in [2.75, 3.05) is 27.9 Å². The maximum atomic E-state index is 8.55. The molecule has 0 N–H and O–H groups in total. The van der Waals surface area contributed by atoms with E-state index in [2.05, 4.69) is 99.7 Å². The normalized spacial score (nSPS) is 16.5. The molecule has 2 aliphatic heterocycles. The van der Waals surface area contributed by atoms with Gasteiger partial charge in [-0.1, -0.05) is 129 Å². The van der Waals surface area contributed by atoms with E-state index < -0.39 is 19.1 Å². The second-order valence-corrected chi connectivity index (χ2v) is 13.7. The largest absolute Gasteiger partial charge is 0.457 e. The lowest BCUT2D eigenvalue weighted by Gasteiger charge is -2.27. The van der Waals surface area contributed by atoms with Gasteiger partial charge in [-0.2, -0.15) is 4.98 Å². The fourth-order valence-electron chi connectivity index (χ4n) is 7.73. The minimum absolute atomic E-state index is 0.105. The molecule has 10 rings (SSSR count). The molecule has 0 fully saturated rings. The number of para-hydroxylation sites is 5. The van der Waals surface area contributed by atoms with Crippen LogP contribution >= 0.6 is 0 Å². The Morgan fingerprint density at radius 1 is 0.593 bits per heavy atom. The average molecular weight is 709 g/mol. The van der Waals surface area contributed by atoms with E-state index >= 15 is 0 Å². The van der Waals surface area contributed by atoms with E-state index in [4.69, 9.17) is 17.4 Å². The van der Waals surface area contributed by atoms with Gasteiger partial charge in [-0.25, -0.2) is 0 Å². The van der Waals surface area contributed by atoms with Crippen molar-refractivity contribution in [2.45, 2.75) is 19.1 Å². The third-order valence-corrected chi connectivity index (χ3v) is 10.2. The van der Waals surface area contributed by atoms with Crippen LogP contribution in [0.4, 0.5) is 34.5 Å². The quantitative estimate of drug-likeness (QED) is 0.164. The number of hydrogen-bond donors (Lipinski definition) is 0. The van der Waals surface area contributed by atoms with Gasteiger partial charge in [0.1, 0.15) is 23.7 Å². The molecule has 2 aliphatic rings. The van der Waals surface area contributed by atoms with Gasteiger partial charge >= 0.3 is 6.01 Å². The number of rotatable bonds is 7. The third kappa shape index (κ3) is 5.46. The Hall–Kier alpha value is -6.79. The van der Waals surface area contributed by atoms with Gasteiger partial charge in [0, 0.05) is 49.1 Å². The summed E-state index contributed by atoms with van der Waals surface area (Å²) in [5, 5.41) is 0. The highest BCUT2D eigenvalue weighted by molar-refractivity contribution is 5.98. The first kappa shape index (κ1) is 26.0. The molecule has 8 aromatic rings. The summed E-state index contributed by atoms with van der Waals surface area (Å²) in [6.45, 7) is -5.62. The number of oxazole rings is 1. The maximum absolute atomic E-state index is 8.55. The Labute approximate surface area is 323 Å². The molecule has 54 heavy (non-hydrogen) atoms. The van der Waals surface area contributed by atoms with Crippen molar-refractivity contribution in [2.24, 2.45) is 0 Å². The van der Waals surface area contributed by atoms with Crippen molar-refractivity contribution in [1.82, 2.24) is 4.98 Å². The van der Waals surface area contributed by atoms with Crippen LogP contribution in [0.25, 0.3) is 33.4 Å². The van der Waals surface area contributed by atoms with Gasteiger partial charge in [0.25, 0.3) is 0 Å². The molecule has 0 bridgehead atoms. The van der Waals surface area contributed by atoms with E-state index in [-0.39, 0.29) is 18.1 Å². The first-order valence-electron chi connectivity index (χ1n) is 20.9. The number of fused-ring (bicyclic) bond motifs is 3. The summed E-state index contributed by atoms with van der Waals surface area (Å²) < 4.78 is 63.9. The van der Waals surface area contributed by atoms with E-state index in [0.29, 0.717) is 35.0 Å². The van der Waals surface area contributed by atoms with Crippen LogP contribution in [-0.2, 0) is 5.41 Å². The molecule has 262 valence electrons. The zero-order valence-electron chi connectivity index (χ0n) is 35.2. The summed E-state index contributed by atoms with van der Waals surface area (Å²) in [6.07, 6.45) is 0. The van der Waals surface area contributed by atoms with Crippen molar-refractivity contribution in [3.05, 3.63) is 175 Å². The molecule has 0 unspecified atom stereocenters. The van der Waals surface area contributed by atoms with Crippen molar-refractivity contribution in [3.63, 3.8) is 0 Å². The lowest BCUT2D eigenvalue weighted by molar-refractivity contribution is 0.482. The van der Waals surface area contributed by atoms with Gasteiger partial charge in [0.05, 0.1) is 22.7 Å². The van der Waals surface area contributed by atoms with Crippen molar-refractivity contribution in [1.29, 1.82) is 0 Å². The van der Waals surface area contributed by atoms with Gasteiger partial charge in [0.2, 0.25) is 0 Å². The van der Waals surface area contributed by atoms with Crippen LogP contribution in [0.5, 0.6) is 11.5 Å². The monoisotopic (exact) mass is 708 g/mol. The minimum Gasteiger partial charge on any atom is -0.457 e. The molecule has 1 aromatic heterocycles. The summed E-state index contributed by atoms with van der Waals surface area (Å²) in [6, 6.07) is 55.7. The highest BCUT2D eigenvalue weighted by Gasteiger charge is 2.38. The number of nitrogens with zero attached hydrogens (tertiary/aromatic N) is 4. The zero-order chi connectivity index (χ0) is 41.2. The predicted molar refractivity (Wildman–Crippen MR) is 220 cm³/mol. The second-order valence-electron chi connectivity index (χ2n) is 13.7. The highest BCUT2D eigenvalue weighted by Crippen LogP contribution is 2.51. The Morgan fingerprint density at radius 2 is 1.24 bits per heavy atom. The SMILES string of the molecule is [2H]C([2H])([2H])C1(C([2H])([2H])[2H])CN(c2nc3ccccc3o2)c2cc(Oc3cccc(N4CN(c5c(-c6ccccc6)cccc5-c5ccccc5)c5ccccc54)c3)ccc21. The fraction of sp³-hybridized carbons (Fsp3) is 0.104. The maximum Gasteiger partial charge on any atom is 0.303 e. The standard InChI is InChI=1S/C48H38N4O2/c1-48(2)31-50(47-49-41-23-9-12-26-45(41)54-47)44-30-37(27-28-40(44)48)53-36-20-13-19-35(29-36)51-32-52(43-25-11-10-24-42(43)51)46-38(33-15-5-3-6-16-33)21-14-22-39(46)34-17-7-4-8-18-34/h3-30H,31-32H2,1-2H3/i1D3,2D3. The predicted octanol–water partition coefficient (Wildman–Crippen LogP) is 12.6. The first-order chi connectivity index (χ1) is 29.0. The molecule has 3 heterocycles. The van der Waals surface area contributed by atoms with Crippen LogP contribution in [0.2, 0.25) is 0 Å². The molecule has 0 saturated carbocycles. The molecule has 0 atom stereocenters. The summed E-state index contributed by atoms with van der Waals surface area (Å²) in [4.78, 5) is 10.8. The van der Waals surface area contributed by atoms with E-state index in [1.807, 2.05) is 54.6 Å². The number of hydrogen-bond acceptors (Lipinski definition) is 6. The van der Waals surface area contributed by atoms with Crippen molar-refractivity contribution in [3.8, 4) is 33.8 Å². The van der Waals surface area contributed by atoms with E-state index in [1.54, 1.807) is 35.2 Å². The third-order valence-electron chi connectivity index (χ3n) is 10.2. The molecule has 0 aliphatic carbocycles. The van der Waals surface area contributed by atoms with Crippen LogP contribution in [0.3, 0.4) is 0 Å². The molecular formula is C48H38N4O2. The topological polar surface area (TPSA) is 45.0 Å². The summed E-state index contributed by atoms with van der Waals surface area (Å²) in [7, 11) is 0. The Balaban J connectivity index is 1.03. The van der Waals surface area contributed by atoms with E-state index in [0.717, 1.165) is 45.0 Å². The Bertz CT molecular complexity index is 2770. The van der Waals surface area contributed by atoms with Gasteiger partial charge in [-0.05, 0) is 59.2 Å². The van der Waals surface area contributed by atoms with Crippen LogP contribution in [0.1, 0.15) is 27.5 Å². The molecule has 0 spiro atoms. The van der Waals surface area contributed by atoms with Crippen LogP contribution < -0.4 is 19.4 Å². The van der Waals surface area contributed by atoms with Crippen LogP contribution in [0, 0.1) is 0 Å². The summed E-state index contributed by atoms with van der Waals surface area (Å²) in [5.41, 5.74) is 7.95. The number of ether oxygens (including phenoxy) is 1. The smallest absolute Gasteiger partial charge is 0.303 e. The number of aromatic nitrogens is 1. The van der Waals surface area contributed by atoms with E-state index in [1.165, 1.54) is 0 Å². The first-order valence-corrected chi connectivity index (χ1v) is 17.9. The van der Waals surface area contributed by atoms with Gasteiger partial charge < -0.3 is 19.0 Å². The summed E-state index contributed by atoms with van der Waals surface area (Å²) in [5.74, 6) is 0.939. The van der Waals surface area contributed by atoms with Crippen LogP contribution in [-0.4, -0.2) is 18.2 Å². The zero-order valence-corrected chi connectivity index (χ0v) is 29.2. The molecule has 0 amide bonds. The lowest BCUT2D eigenvalue weighted by Crippen LogP contribution is -2.25. The Morgan fingerprint density at radius 3 is 1.96 bits per heavy atom. The van der Waals surface area contributed by atoms with Gasteiger partial charge in [-0.15, -0.1) is 0 Å². The molecular weight excluding hydrogens is 665 g/mol.